The molecule has 1 aromatic carbocycles. The maximum Gasteiger partial charge on any atom is 0.251 e. The topological polar surface area (TPSA) is 62.0 Å². The van der Waals surface area contributed by atoms with Gasteiger partial charge in [-0.3, -0.25) is 9.59 Å². The molecule has 1 heterocycles. The standard InChI is InChI=1S/C20H28N2O2/c1-13(2)9-10-21-19(23)8-6-16-12-17-11-15(14(3)4)5-7-18(17)22-20(16)24/h5,7,11-14H,6,8-10H2,1-4H3,(H,21,23)(H,22,24). The quantitative estimate of drug-likeness (QED) is 0.813. The van der Waals surface area contributed by atoms with E-state index in [4.69, 9.17) is 0 Å². The Morgan fingerprint density at radius 3 is 2.58 bits per heavy atom. The first-order valence-electron chi connectivity index (χ1n) is 8.79. The van der Waals surface area contributed by atoms with Gasteiger partial charge < -0.3 is 10.3 Å². The van der Waals surface area contributed by atoms with Crippen LogP contribution in [0.3, 0.4) is 0 Å². The minimum Gasteiger partial charge on any atom is -0.356 e. The summed E-state index contributed by atoms with van der Waals surface area (Å²) in [6.45, 7) is 9.26. The summed E-state index contributed by atoms with van der Waals surface area (Å²) in [6, 6.07) is 8.03. The average molecular weight is 328 g/mol. The third-order valence-electron chi connectivity index (χ3n) is 4.28. The Bertz CT molecular complexity index is 760. The summed E-state index contributed by atoms with van der Waals surface area (Å²) in [5, 5.41) is 3.94. The van der Waals surface area contributed by atoms with Gasteiger partial charge in [-0.15, -0.1) is 0 Å². The van der Waals surface area contributed by atoms with Crippen molar-refractivity contribution in [3.05, 3.63) is 45.7 Å². The third kappa shape index (κ3) is 4.95. The van der Waals surface area contributed by atoms with Crippen molar-refractivity contribution in [3.8, 4) is 0 Å². The molecular formula is C20H28N2O2. The van der Waals surface area contributed by atoms with Gasteiger partial charge in [0, 0.05) is 24.0 Å². The zero-order valence-corrected chi connectivity index (χ0v) is 15.1. The third-order valence-corrected chi connectivity index (χ3v) is 4.28. The van der Waals surface area contributed by atoms with Crippen LogP contribution in [-0.2, 0) is 11.2 Å². The lowest BCUT2D eigenvalue weighted by Gasteiger charge is -2.09. The summed E-state index contributed by atoms with van der Waals surface area (Å²) in [5.41, 5.74) is 2.65. The maximum absolute atomic E-state index is 12.2. The van der Waals surface area contributed by atoms with Gasteiger partial charge in [-0.25, -0.2) is 0 Å². The van der Waals surface area contributed by atoms with Gasteiger partial charge in [0.2, 0.25) is 5.91 Å². The second kappa shape index (κ2) is 8.13. The Hall–Kier alpha value is -2.10. The number of aromatic amines is 1. The molecule has 0 radical (unpaired) electrons. The van der Waals surface area contributed by atoms with Crippen LogP contribution in [0.1, 0.15) is 57.6 Å². The monoisotopic (exact) mass is 328 g/mol. The number of nitrogens with one attached hydrogen (secondary N) is 2. The molecule has 0 unspecified atom stereocenters. The molecule has 0 atom stereocenters. The molecule has 0 aliphatic heterocycles. The minimum absolute atomic E-state index is 0.00563. The van der Waals surface area contributed by atoms with Crippen molar-refractivity contribution in [1.29, 1.82) is 0 Å². The van der Waals surface area contributed by atoms with Crippen LogP contribution in [0.5, 0.6) is 0 Å². The van der Waals surface area contributed by atoms with E-state index in [1.54, 1.807) is 0 Å². The van der Waals surface area contributed by atoms with Gasteiger partial charge in [-0.1, -0.05) is 33.8 Å². The lowest BCUT2D eigenvalue weighted by Crippen LogP contribution is -2.26. The summed E-state index contributed by atoms with van der Waals surface area (Å²) >= 11 is 0. The molecule has 0 saturated carbocycles. The van der Waals surface area contributed by atoms with Crippen molar-refractivity contribution >= 4 is 16.8 Å². The fraction of sp³-hybridized carbons (Fsp3) is 0.500. The van der Waals surface area contributed by atoms with Crippen molar-refractivity contribution < 1.29 is 4.79 Å². The summed E-state index contributed by atoms with van der Waals surface area (Å²) in [4.78, 5) is 27.0. The van der Waals surface area contributed by atoms with Crippen molar-refractivity contribution in [2.45, 2.75) is 52.9 Å². The SMILES string of the molecule is CC(C)CCNC(=O)CCc1cc2cc(C(C)C)ccc2[nH]c1=O. The maximum atomic E-state index is 12.2. The summed E-state index contributed by atoms with van der Waals surface area (Å²) in [5.74, 6) is 1.02. The van der Waals surface area contributed by atoms with Crippen LogP contribution in [0, 0.1) is 5.92 Å². The molecule has 1 aromatic heterocycles. The van der Waals surface area contributed by atoms with Crippen LogP contribution >= 0.6 is 0 Å². The predicted octanol–water partition coefficient (Wildman–Crippen LogP) is 3.75. The van der Waals surface area contributed by atoms with E-state index in [2.05, 4.69) is 44.1 Å². The number of carbonyl (C=O) groups is 1. The van der Waals surface area contributed by atoms with Crippen molar-refractivity contribution in [2.24, 2.45) is 5.92 Å². The molecule has 0 aliphatic carbocycles. The van der Waals surface area contributed by atoms with E-state index in [0.717, 1.165) is 17.3 Å². The fourth-order valence-corrected chi connectivity index (χ4v) is 2.65. The zero-order chi connectivity index (χ0) is 17.7. The molecule has 0 saturated heterocycles. The molecule has 4 heteroatoms. The number of H-pyrrole nitrogens is 1. The van der Waals surface area contributed by atoms with E-state index in [1.165, 1.54) is 5.56 Å². The molecule has 1 amide bonds. The molecule has 0 spiro atoms. The fourth-order valence-electron chi connectivity index (χ4n) is 2.65. The number of aryl methyl sites for hydroxylation is 1. The van der Waals surface area contributed by atoms with Gasteiger partial charge in [0.25, 0.3) is 5.56 Å². The molecule has 2 rings (SSSR count). The van der Waals surface area contributed by atoms with Crippen LogP contribution in [0.2, 0.25) is 0 Å². The van der Waals surface area contributed by atoms with E-state index in [0.29, 0.717) is 36.8 Å². The van der Waals surface area contributed by atoms with E-state index in [1.807, 2.05) is 18.2 Å². The Balaban J connectivity index is 2.07. The van der Waals surface area contributed by atoms with Crippen molar-refractivity contribution in [3.63, 3.8) is 0 Å². The molecule has 0 bridgehead atoms. The Labute approximate surface area is 143 Å². The van der Waals surface area contributed by atoms with Gasteiger partial charge >= 0.3 is 0 Å². The van der Waals surface area contributed by atoms with Crippen LogP contribution in [-0.4, -0.2) is 17.4 Å². The van der Waals surface area contributed by atoms with Gasteiger partial charge in [0.1, 0.15) is 0 Å². The summed E-state index contributed by atoms with van der Waals surface area (Å²) in [6.07, 6.45) is 1.78. The van der Waals surface area contributed by atoms with Gasteiger partial charge in [0.15, 0.2) is 0 Å². The number of amides is 1. The highest BCUT2D eigenvalue weighted by Crippen LogP contribution is 2.20. The first-order valence-corrected chi connectivity index (χ1v) is 8.79. The van der Waals surface area contributed by atoms with Crippen molar-refractivity contribution in [1.82, 2.24) is 10.3 Å². The van der Waals surface area contributed by atoms with Crippen molar-refractivity contribution in [2.75, 3.05) is 6.54 Å². The van der Waals surface area contributed by atoms with Crippen LogP contribution in [0.25, 0.3) is 10.9 Å². The molecule has 4 nitrogen and oxygen atoms in total. The molecule has 0 fully saturated rings. The van der Waals surface area contributed by atoms with E-state index in [-0.39, 0.29) is 11.5 Å². The Kier molecular flexibility index (Phi) is 6.18. The summed E-state index contributed by atoms with van der Waals surface area (Å²) in [7, 11) is 0. The van der Waals surface area contributed by atoms with Crippen LogP contribution in [0.15, 0.2) is 29.1 Å². The largest absolute Gasteiger partial charge is 0.356 e. The van der Waals surface area contributed by atoms with Crippen LogP contribution < -0.4 is 10.9 Å². The number of hydrogen-bond donors (Lipinski definition) is 2. The first kappa shape index (κ1) is 18.2. The van der Waals surface area contributed by atoms with E-state index >= 15 is 0 Å². The zero-order valence-electron chi connectivity index (χ0n) is 15.1. The number of carbonyl (C=O) groups excluding carboxylic acids is 1. The highest BCUT2D eigenvalue weighted by molar-refractivity contribution is 5.80. The lowest BCUT2D eigenvalue weighted by molar-refractivity contribution is -0.121. The van der Waals surface area contributed by atoms with E-state index < -0.39 is 0 Å². The number of hydrogen-bond acceptors (Lipinski definition) is 2. The number of pyridine rings is 1. The minimum atomic E-state index is -0.102. The highest BCUT2D eigenvalue weighted by Gasteiger charge is 2.08. The average Bonchev–Trinajstić information content (AvgIpc) is 2.52. The lowest BCUT2D eigenvalue weighted by atomic mass is 10.00. The molecule has 24 heavy (non-hydrogen) atoms. The number of fused-ring (bicyclic) bond motifs is 1. The second-order valence-electron chi connectivity index (χ2n) is 7.16. The Morgan fingerprint density at radius 2 is 1.92 bits per heavy atom. The smallest absolute Gasteiger partial charge is 0.251 e. The van der Waals surface area contributed by atoms with Crippen LogP contribution in [0.4, 0.5) is 0 Å². The number of benzene rings is 1. The van der Waals surface area contributed by atoms with Gasteiger partial charge in [0.05, 0.1) is 0 Å². The number of aromatic nitrogens is 1. The molecule has 2 N–H and O–H groups in total. The summed E-state index contributed by atoms with van der Waals surface area (Å²) < 4.78 is 0. The predicted molar refractivity (Wildman–Crippen MR) is 99.4 cm³/mol. The highest BCUT2D eigenvalue weighted by atomic mass is 16.1. The van der Waals surface area contributed by atoms with Gasteiger partial charge in [-0.05, 0) is 53.8 Å². The molecule has 0 aliphatic rings. The first-order chi connectivity index (χ1) is 11.4. The normalized spacial score (nSPS) is 11.4. The molecular weight excluding hydrogens is 300 g/mol. The second-order valence-corrected chi connectivity index (χ2v) is 7.16. The number of rotatable bonds is 7. The van der Waals surface area contributed by atoms with E-state index in [9.17, 15) is 9.59 Å². The molecule has 130 valence electrons. The Morgan fingerprint density at radius 1 is 1.17 bits per heavy atom. The van der Waals surface area contributed by atoms with Gasteiger partial charge in [-0.2, -0.15) is 0 Å². The molecule has 2 aromatic rings.